The molecule has 8 nitrogen and oxygen atoms in total. The number of likely N-dealkylation sites (tertiary alicyclic amines) is 1. The second-order valence-electron chi connectivity index (χ2n) is 12.1. The van der Waals surface area contributed by atoms with E-state index < -0.39 is 33.4 Å². The summed E-state index contributed by atoms with van der Waals surface area (Å²) < 4.78 is 4.24. The Balaban J connectivity index is 1.81. The van der Waals surface area contributed by atoms with E-state index in [0.29, 0.717) is 12.8 Å². The second-order valence-corrected chi connectivity index (χ2v) is 14.0. The minimum atomic E-state index is -0.815. The number of amides is 2. The molecule has 0 aliphatic carbocycles. The number of benzene rings is 1. The molecule has 41 heavy (non-hydrogen) atoms. The Morgan fingerprint density at radius 3 is 2.34 bits per heavy atom. The van der Waals surface area contributed by atoms with Crippen molar-refractivity contribution in [3.8, 4) is 0 Å². The molecule has 2 unspecified atom stereocenters. The summed E-state index contributed by atoms with van der Waals surface area (Å²) in [6, 6.07) is 6.60. The van der Waals surface area contributed by atoms with Crippen LogP contribution in [0.5, 0.6) is 0 Å². The maximum absolute atomic E-state index is 14.8. The van der Waals surface area contributed by atoms with E-state index in [1.54, 1.807) is 34.6 Å². The van der Waals surface area contributed by atoms with Crippen molar-refractivity contribution in [2.75, 3.05) is 42.6 Å². The van der Waals surface area contributed by atoms with E-state index in [2.05, 4.69) is 25.3 Å². The van der Waals surface area contributed by atoms with Gasteiger partial charge in [-0.25, -0.2) is 0 Å². The predicted octanol–water partition coefficient (Wildman–Crippen LogP) is 4.50. The minimum Gasteiger partial charge on any atom is -0.466 e. The van der Waals surface area contributed by atoms with Crippen LogP contribution in [0.15, 0.2) is 36.9 Å². The van der Waals surface area contributed by atoms with Crippen LogP contribution in [0.2, 0.25) is 0 Å². The van der Waals surface area contributed by atoms with Gasteiger partial charge in [-0.2, -0.15) is 0 Å². The number of aliphatic hydroxyl groups is 1. The molecule has 1 aromatic carbocycles. The quantitative estimate of drug-likeness (QED) is 0.269. The highest BCUT2D eigenvalue weighted by atomic mass is 32.2. The van der Waals surface area contributed by atoms with Crippen molar-refractivity contribution in [1.29, 1.82) is 0 Å². The number of carbonyl (C=O) groups is 3. The summed E-state index contributed by atoms with van der Waals surface area (Å²) in [5.74, 6) is -1.88. The zero-order chi connectivity index (χ0) is 30.1. The van der Waals surface area contributed by atoms with Gasteiger partial charge >= 0.3 is 5.97 Å². The molecule has 1 N–H and O–H groups in total. The third-order valence-corrected chi connectivity index (χ3v) is 11.2. The van der Waals surface area contributed by atoms with Gasteiger partial charge in [0, 0.05) is 35.8 Å². The smallest absolute Gasteiger partial charge is 0.311 e. The maximum Gasteiger partial charge on any atom is 0.311 e. The van der Waals surface area contributed by atoms with Gasteiger partial charge in [0.1, 0.15) is 6.04 Å². The molecule has 0 saturated carbocycles. The Hall–Kier alpha value is -2.52. The van der Waals surface area contributed by atoms with Crippen LogP contribution < -0.4 is 9.80 Å². The number of hydrogen-bond acceptors (Lipinski definition) is 7. The van der Waals surface area contributed by atoms with E-state index >= 15 is 0 Å². The summed E-state index contributed by atoms with van der Waals surface area (Å²) in [4.78, 5) is 48.2. The molecule has 2 amide bonds. The number of rotatable bonds is 13. The van der Waals surface area contributed by atoms with Crippen LogP contribution in [0.1, 0.15) is 60.8 Å². The summed E-state index contributed by atoms with van der Waals surface area (Å²) >= 11 is 1.62. The molecule has 1 aromatic rings. The van der Waals surface area contributed by atoms with Gasteiger partial charge in [0.25, 0.3) is 5.91 Å². The number of anilines is 2. The second kappa shape index (κ2) is 12.4. The molecule has 9 heteroatoms. The molecule has 3 aliphatic heterocycles. The molecular formula is C32H47N3O5S. The average Bonchev–Trinajstić information content (AvgIpc) is 3.52. The van der Waals surface area contributed by atoms with Crippen molar-refractivity contribution >= 4 is 40.9 Å². The number of hydrogen-bond donors (Lipinski definition) is 1. The fourth-order valence-electron chi connectivity index (χ4n) is 7.48. The summed E-state index contributed by atoms with van der Waals surface area (Å²) in [6.45, 7) is 18.1. The van der Waals surface area contributed by atoms with Gasteiger partial charge in [0.15, 0.2) is 0 Å². The van der Waals surface area contributed by atoms with Crippen molar-refractivity contribution < 1.29 is 24.2 Å². The summed E-state index contributed by atoms with van der Waals surface area (Å²) in [7, 11) is 0. The zero-order valence-electron chi connectivity index (χ0n) is 25.5. The number of fused-ring (bicyclic) bond motifs is 1. The van der Waals surface area contributed by atoms with Crippen molar-refractivity contribution in [3.63, 3.8) is 0 Å². The van der Waals surface area contributed by atoms with Crippen LogP contribution in [0.25, 0.3) is 0 Å². The van der Waals surface area contributed by atoms with E-state index in [0.717, 1.165) is 30.9 Å². The third kappa shape index (κ3) is 5.29. The maximum atomic E-state index is 14.8. The number of esters is 1. The van der Waals surface area contributed by atoms with Crippen LogP contribution in [-0.2, 0) is 19.1 Å². The Morgan fingerprint density at radius 1 is 1.17 bits per heavy atom. The molecule has 0 aromatic heterocycles. The first kappa shape index (κ1) is 31.4. The Bertz CT molecular complexity index is 1140. The van der Waals surface area contributed by atoms with E-state index in [1.807, 2.05) is 45.0 Å². The SMILES string of the molecule is C=CCN(C(=O)C1N([C@@H](CO)CC(C)C)C(=O)[C@@H]2[C@@H](C(=O)OCC)[C@@]3(C)CCC12S3)c1ccc(N(CC)CC)cc1. The fraction of sp³-hybridized carbons (Fsp3) is 0.656. The molecule has 3 saturated heterocycles. The zero-order valence-corrected chi connectivity index (χ0v) is 26.3. The lowest BCUT2D eigenvalue weighted by atomic mass is 9.66. The molecular weight excluding hydrogens is 538 g/mol. The molecule has 226 valence electrons. The van der Waals surface area contributed by atoms with Crippen LogP contribution in [-0.4, -0.2) is 82.2 Å². The van der Waals surface area contributed by atoms with Gasteiger partial charge in [0.2, 0.25) is 5.91 Å². The topological polar surface area (TPSA) is 90.4 Å². The number of ether oxygens (including phenoxy) is 1. The van der Waals surface area contributed by atoms with E-state index in [-0.39, 0.29) is 43.5 Å². The Kier molecular flexibility index (Phi) is 9.48. The fourth-order valence-corrected chi connectivity index (χ4v) is 9.80. The Labute approximate surface area is 249 Å². The van der Waals surface area contributed by atoms with E-state index in [4.69, 9.17) is 4.74 Å². The minimum absolute atomic E-state index is 0.195. The van der Waals surface area contributed by atoms with Crippen molar-refractivity contribution in [3.05, 3.63) is 36.9 Å². The average molecular weight is 586 g/mol. The highest BCUT2D eigenvalue weighted by molar-refractivity contribution is 8.02. The third-order valence-electron chi connectivity index (χ3n) is 9.20. The largest absolute Gasteiger partial charge is 0.466 e. The van der Waals surface area contributed by atoms with Gasteiger partial charge in [-0.3, -0.25) is 14.4 Å². The number of carbonyl (C=O) groups excluding carboxylic acids is 3. The molecule has 2 bridgehead atoms. The number of nitrogens with zero attached hydrogens (tertiary/aromatic N) is 3. The first-order valence-electron chi connectivity index (χ1n) is 15.1. The van der Waals surface area contributed by atoms with Gasteiger partial charge in [-0.15, -0.1) is 18.3 Å². The van der Waals surface area contributed by atoms with E-state index in [9.17, 15) is 19.5 Å². The van der Waals surface area contributed by atoms with Crippen LogP contribution in [0, 0.1) is 17.8 Å². The number of aliphatic hydroxyl groups excluding tert-OH is 1. The lowest BCUT2D eigenvalue weighted by Gasteiger charge is -2.40. The first-order chi connectivity index (χ1) is 19.5. The van der Waals surface area contributed by atoms with Crippen LogP contribution >= 0.6 is 11.8 Å². The standard InChI is InChI=1S/C32H47N3O5S/c1-8-18-34(23-14-12-22(13-15-23)33(9-2)10-3)29(38)27-32-17-16-31(7,41-32)26(30(39)40-11-4)25(32)28(37)35(27)24(20-36)19-21(5)6/h8,12-15,21,24-27,36H,1,9-11,16-20H2,2-7H3/t24-,25+,26+,27?,31-,32?/m1/s1. The lowest BCUT2D eigenvalue weighted by molar-refractivity contribution is -0.155. The molecule has 3 fully saturated rings. The van der Waals surface area contributed by atoms with Gasteiger partial charge in [-0.1, -0.05) is 19.9 Å². The van der Waals surface area contributed by atoms with Gasteiger partial charge in [0.05, 0.1) is 35.8 Å². The van der Waals surface area contributed by atoms with Crippen molar-refractivity contribution in [2.24, 2.45) is 17.8 Å². The molecule has 6 atom stereocenters. The first-order valence-corrected chi connectivity index (χ1v) is 15.9. The summed E-state index contributed by atoms with van der Waals surface area (Å²) in [6.07, 6.45) is 3.62. The van der Waals surface area contributed by atoms with Crippen LogP contribution in [0.4, 0.5) is 11.4 Å². The van der Waals surface area contributed by atoms with Crippen LogP contribution in [0.3, 0.4) is 0 Å². The molecule has 4 rings (SSSR count). The highest BCUT2D eigenvalue weighted by Gasteiger charge is 2.78. The lowest BCUT2D eigenvalue weighted by Crippen LogP contribution is -2.57. The highest BCUT2D eigenvalue weighted by Crippen LogP contribution is 2.72. The summed E-state index contributed by atoms with van der Waals surface area (Å²) in [5, 5.41) is 10.5. The van der Waals surface area contributed by atoms with Gasteiger partial charge < -0.3 is 24.5 Å². The molecule has 1 spiro atoms. The van der Waals surface area contributed by atoms with Crippen molar-refractivity contribution in [2.45, 2.75) is 82.4 Å². The Morgan fingerprint density at radius 2 is 1.80 bits per heavy atom. The summed E-state index contributed by atoms with van der Waals surface area (Å²) in [5.41, 5.74) is 1.81. The van der Waals surface area contributed by atoms with Gasteiger partial charge in [-0.05, 0) is 77.1 Å². The number of thioether (sulfide) groups is 1. The molecule has 3 heterocycles. The monoisotopic (exact) mass is 585 g/mol. The van der Waals surface area contributed by atoms with Crippen molar-refractivity contribution in [1.82, 2.24) is 4.90 Å². The molecule has 0 radical (unpaired) electrons. The normalized spacial score (nSPS) is 29.0. The predicted molar refractivity (Wildman–Crippen MR) is 165 cm³/mol. The van der Waals surface area contributed by atoms with E-state index in [1.165, 1.54) is 0 Å². The molecule has 3 aliphatic rings.